The molecule has 2 aromatic rings. The van der Waals surface area contributed by atoms with Gasteiger partial charge in [0.1, 0.15) is 5.04 Å². The molecule has 0 saturated carbocycles. The molecule has 0 aliphatic carbocycles. The summed E-state index contributed by atoms with van der Waals surface area (Å²) in [6, 6.07) is 12.4. The fourth-order valence-electron chi connectivity index (χ4n) is 2.34. The van der Waals surface area contributed by atoms with Crippen LogP contribution in [0.15, 0.2) is 52.8 Å². The van der Waals surface area contributed by atoms with Crippen molar-refractivity contribution in [3.63, 3.8) is 0 Å². The highest BCUT2D eigenvalue weighted by molar-refractivity contribution is 8.13. The third-order valence-corrected chi connectivity index (χ3v) is 4.41. The van der Waals surface area contributed by atoms with Crippen LogP contribution >= 0.6 is 11.8 Å². The summed E-state index contributed by atoms with van der Waals surface area (Å²) >= 11 is 1.72. The maximum absolute atomic E-state index is 4.35. The number of thioether (sulfide) groups is 1. The normalized spacial score (nSPS) is 14.0. The standard InChI is InChI=1S/C17H17N3S/c1-12-6-7-15(13(2)9-12)16-10-17(20-19-16)21-11-14-5-3-4-8-18-14/h3-9H,10-11H2,1-2H3. The van der Waals surface area contributed by atoms with E-state index in [1.807, 2.05) is 24.4 Å². The fraction of sp³-hybridized carbons (Fsp3) is 0.235. The Morgan fingerprint density at radius 1 is 1.10 bits per heavy atom. The minimum atomic E-state index is 0.821. The molecule has 0 radical (unpaired) electrons. The number of hydrogen-bond donors (Lipinski definition) is 0. The molecule has 0 saturated heterocycles. The Morgan fingerprint density at radius 2 is 2.00 bits per heavy atom. The molecular formula is C17H17N3S. The van der Waals surface area contributed by atoms with Gasteiger partial charge in [0.15, 0.2) is 0 Å². The second-order valence-electron chi connectivity index (χ2n) is 5.15. The molecule has 0 bridgehead atoms. The first-order valence-electron chi connectivity index (χ1n) is 6.96. The van der Waals surface area contributed by atoms with Crippen LogP contribution in [0.3, 0.4) is 0 Å². The van der Waals surface area contributed by atoms with Gasteiger partial charge in [-0.2, -0.15) is 5.10 Å². The molecule has 4 heteroatoms. The van der Waals surface area contributed by atoms with E-state index in [0.29, 0.717) is 0 Å². The van der Waals surface area contributed by atoms with E-state index in [1.54, 1.807) is 11.8 Å². The van der Waals surface area contributed by atoms with Crippen LogP contribution in [0.25, 0.3) is 0 Å². The molecular weight excluding hydrogens is 278 g/mol. The van der Waals surface area contributed by atoms with E-state index in [4.69, 9.17) is 0 Å². The van der Waals surface area contributed by atoms with Gasteiger partial charge in [0.2, 0.25) is 0 Å². The van der Waals surface area contributed by atoms with Crippen LogP contribution in [0.4, 0.5) is 0 Å². The predicted octanol–water partition coefficient (Wildman–Crippen LogP) is 4.14. The molecule has 3 rings (SSSR count). The van der Waals surface area contributed by atoms with Crippen molar-refractivity contribution in [1.29, 1.82) is 0 Å². The van der Waals surface area contributed by atoms with Crippen molar-refractivity contribution >= 4 is 22.5 Å². The first-order valence-corrected chi connectivity index (χ1v) is 7.94. The molecule has 2 heterocycles. The SMILES string of the molecule is Cc1ccc(C2=NN=C(SCc3ccccn3)C2)c(C)c1. The molecule has 1 aromatic carbocycles. The lowest BCUT2D eigenvalue weighted by Gasteiger charge is -2.06. The first-order chi connectivity index (χ1) is 10.2. The number of aryl methyl sites for hydroxylation is 2. The van der Waals surface area contributed by atoms with Crippen LogP contribution in [0.5, 0.6) is 0 Å². The molecule has 0 spiro atoms. The van der Waals surface area contributed by atoms with Crippen molar-refractivity contribution in [3.05, 3.63) is 65.0 Å². The largest absolute Gasteiger partial charge is 0.260 e. The molecule has 0 amide bonds. The Labute approximate surface area is 129 Å². The summed E-state index contributed by atoms with van der Waals surface area (Å²) < 4.78 is 0. The molecule has 0 N–H and O–H groups in total. The highest BCUT2D eigenvalue weighted by Crippen LogP contribution is 2.23. The number of nitrogens with zero attached hydrogens (tertiary/aromatic N) is 3. The molecule has 0 atom stereocenters. The number of rotatable bonds is 3. The van der Waals surface area contributed by atoms with Crippen molar-refractivity contribution < 1.29 is 0 Å². The van der Waals surface area contributed by atoms with Gasteiger partial charge in [-0.05, 0) is 31.5 Å². The first kappa shape index (κ1) is 14.0. The molecule has 3 nitrogen and oxygen atoms in total. The summed E-state index contributed by atoms with van der Waals surface area (Å²) in [6.45, 7) is 4.24. The summed E-state index contributed by atoms with van der Waals surface area (Å²) in [5.74, 6) is 0.843. The lowest BCUT2D eigenvalue weighted by Crippen LogP contribution is -2.04. The monoisotopic (exact) mass is 295 g/mol. The number of benzene rings is 1. The van der Waals surface area contributed by atoms with E-state index in [0.717, 1.165) is 28.6 Å². The topological polar surface area (TPSA) is 37.6 Å². The summed E-state index contributed by atoms with van der Waals surface area (Å²) in [5.41, 5.74) is 5.89. The van der Waals surface area contributed by atoms with Gasteiger partial charge in [-0.1, -0.05) is 29.8 Å². The zero-order valence-corrected chi connectivity index (χ0v) is 13.0. The Hall–Kier alpha value is -1.94. The van der Waals surface area contributed by atoms with Crippen LogP contribution < -0.4 is 0 Å². The Balaban J connectivity index is 1.62. The predicted molar refractivity (Wildman–Crippen MR) is 90.0 cm³/mol. The van der Waals surface area contributed by atoms with Crippen LogP contribution in [-0.4, -0.2) is 15.7 Å². The third-order valence-electron chi connectivity index (χ3n) is 3.41. The molecule has 106 valence electrons. The minimum absolute atomic E-state index is 0.821. The quantitative estimate of drug-likeness (QED) is 0.853. The summed E-state index contributed by atoms with van der Waals surface area (Å²) in [5, 5.41) is 9.73. The molecule has 1 aliphatic heterocycles. The highest BCUT2D eigenvalue weighted by Gasteiger charge is 2.16. The molecule has 1 aromatic heterocycles. The van der Waals surface area contributed by atoms with Gasteiger partial charge in [0.25, 0.3) is 0 Å². The van der Waals surface area contributed by atoms with E-state index in [1.165, 1.54) is 16.7 Å². The van der Waals surface area contributed by atoms with Gasteiger partial charge < -0.3 is 0 Å². The maximum Gasteiger partial charge on any atom is 0.102 e. The van der Waals surface area contributed by atoms with E-state index >= 15 is 0 Å². The number of aromatic nitrogens is 1. The van der Waals surface area contributed by atoms with Crippen LogP contribution in [0.2, 0.25) is 0 Å². The average Bonchev–Trinajstić information content (AvgIpc) is 2.95. The summed E-state index contributed by atoms with van der Waals surface area (Å²) in [7, 11) is 0. The second kappa shape index (κ2) is 6.22. The fourth-order valence-corrected chi connectivity index (χ4v) is 3.16. The van der Waals surface area contributed by atoms with Crippen LogP contribution in [0, 0.1) is 13.8 Å². The molecule has 0 unspecified atom stereocenters. The van der Waals surface area contributed by atoms with Crippen molar-refractivity contribution in [2.45, 2.75) is 26.0 Å². The van der Waals surface area contributed by atoms with Crippen molar-refractivity contribution in [2.75, 3.05) is 0 Å². The molecule has 21 heavy (non-hydrogen) atoms. The van der Waals surface area contributed by atoms with Crippen LogP contribution in [0.1, 0.15) is 28.8 Å². The summed E-state index contributed by atoms with van der Waals surface area (Å²) in [6.07, 6.45) is 2.64. The zero-order valence-electron chi connectivity index (χ0n) is 12.2. The zero-order chi connectivity index (χ0) is 14.7. The molecule has 1 aliphatic rings. The van der Waals surface area contributed by atoms with Crippen molar-refractivity contribution in [1.82, 2.24) is 4.98 Å². The lowest BCUT2D eigenvalue weighted by atomic mass is 10.0. The average molecular weight is 295 g/mol. The maximum atomic E-state index is 4.35. The van der Waals surface area contributed by atoms with Crippen molar-refractivity contribution in [2.24, 2.45) is 10.2 Å². The number of hydrogen-bond acceptors (Lipinski definition) is 4. The van der Waals surface area contributed by atoms with Gasteiger partial charge >= 0.3 is 0 Å². The van der Waals surface area contributed by atoms with Gasteiger partial charge in [-0.3, -0.25) is 4.98 Å². The van der Waals surface area contributed by atoms with E-state index < -0.39 is 0 Å². The van der Waals surface area contributed by atoms with Gasteiger partial charge in [-0.15, -0.1) is 16.9 Å². The van der Waals surface area contributed by atoms with Crippen molar-refractivity contribution in [3.8, 4) is 0 Å². The van der Waals surface area contributed by atoms with Gasteiger partial charge in [-0.25, -0.2) is 0 Å². The van der Waals surface area contributed by atoms with E-state index in [2.05, 4.69) is 47.2 Å². The summed E-state index contributed by atoms with van der Waals surface area (Å²) in [4.78, 5) is 4.33. The lowest BCUT2D eigenvalue weighted by molar-refractivity contribution is 1.18. The Bertz CT molecular complexity index is 705. The Kier molecular flexibility index (Phi) is 4.15. The number of pyridine rings is 1. The van der Waals surface area contributed by atoms with Crippen LogP contribution in [-0.2, 0) is 5.75 Å². The van der Waals surface area contributed by atoms with Gasteiger partial charge in [0.05, 0.1) is 11.4 Å². The van der Waals surface area contributed by atoms with Gasteiger partial charge in [0, 0.05) is 23.9 Å². The second-order valence-corrected chi connectivity index (χ2v) is 6.19. The van der Waals surface area contributed by atoms with E-state index in [9.17, 15) is 0 Å². The smallest absolute Gasteiger partial charge is 0.102 e. The minimum Gasteiger partial charge on any atom is -0.260 e. The van der Waals surface area contributed by atoms with E-state index in [-0.39, 0.29) is 0 Å². The Morgan fingerprint density at radius 3 is 2.76 bits per heavy atom. The highest BCUT2D eigenvalue weighted by atomic mass is 32.2. The molecule has 0 fully saturated rings. The third kappa shape index (κ3) is 3.39.